The summed E-state index contributed by atoms with van der Waals surface area (Å²) in [6, 6.07) is 0. The average molecular weight is 320 g/mol. The van der Waals surface area contributed by atoms with Gasteiger partial charge in [0.2, 0.25) is 0 Å². The molecule has 1 amide bonds. The van der Waals surface area contributed by atoms with Crippen LogP contribution < -0.4 is 4.90 Å². The Balaban J connectivity index is 1.48. The summed E-state index contributed by atoms with van der Waals surface area (Å²) in [6.45, 7) is 5.04. The molecule has 2 aliphatic heterocycles. The van der Waals surface area contributed by atoms with Crippen LogP contribution >= 0.6 is 0 Å². The molecule has 2 fully saturated rings. The van der Waals surface area contributed by atoms with Crippen molar-refractivity contribution in [1.82, 2.24) is 14.9 Å². The van der Waals surface area contributed by atoms with E-state index in [1.165, 1.54) is 17.7 Å². The molecule has 3 rings (SSSR count). The number of anilines is 1. The van der Waals surface area contributed by atoms with E-state index < -0.39 is 0 Å². The summed E-state index contributed by atoms with van der Waals surface area (Å²) in [7, 11) is 1.75. The monoisotopic (exact) mass is 320 g/mol. The summed E-state index contributed by atoms with van der Waals surface area (Å²) in [5.41, 5.74) is 0.997. The van der Waals surface area contributed by atoms with E-state index in [2.05, 4.69) is 14.9 Å². The number of nitrogens with zero attached hydrogens (tertiary/aromatic N) is 4. The van der Waals surface area contributed by atoms with Crippen molar-refractivity contribution >= 4 is 11.9 Å². The van der Waals surface area contributed by atoms with Crippen molar-refractivity contribution in [3.05, 3.63) is 18.1 Å². The molecule has 23 heavy (non-hydrogen) atoms. The second-order valence-corrected chi connectivity index (χ2v) is 6.11. The molecule has 0 unspecified atom stereocenters. The van der Waals surface area contributed by atoms with Crippen LogP contribution in [0.4, 0.5) is 10.6 Å². The Morgan fingerprint density at radius 1 is 1.26 bits per heavy atom. The minimum absolute atomic E-state index is 0.338. The van der Waals surface area contributed by atoms with Gasteiger partial charge in [0.25, 0.3) is 0 Å². The van der Waals surface area contributed by atoms with Crippen LogP contribution in [0, 0.1) is 5.92 Å². The molecule has 126 valence electrons. The van der Waals surface area contributed by atoms with E-state index in [0.29, 0.717) is 24.9 Å². The molecule has 0 bridgehead atoms. The number of cyclic esters (lactones) is 1. The molecule has 0 atom stereocenters. The fourth-order valence-electron chi connectivity index (χ4n) is 3.12. The van der Waals surface area contributed by atoms with E-state index in [0.717, 1.165) is 38.4 Å². The molecule has 0 saturated carbocycles. The highest BCUT2D eigenvalue weighted by Gasteiger charge is 2.25. The number of carbonyl (C=O) groups excluding carboxylic acids is 1. The molecule has 1 aromatic rings. The van der Waals surface area contributed by atoms with Crippen LogP contribution in [0.1, 0.15) is 18.5 Å². The molecular formula is C16H24N4O3. The average Bonchev–Trinajstić information content (AvgIpc) is 3.01. The van der Waals surface area contributed by atoms with E-state index >= 15 is 0 Å². The lowest BCUT2D eigenvalue weighted by Gasteiger charge is -2.31. The van der Waals surface area contributed by atoms with Crippen LogP contribution in [0.15, 0.2) is 12.4 Å². The third-order valence-corrected chi connectivity index (χ3v) is 4.55. The number of amides is 1. The Hall–Kier alpha value is -1.73. The molecule has 2 aliphatic rings. The van der Waals surface area contributed by atoms with Crippen LogP contribution in [-0.2, 0) is 15.9 Å². The molecule has 2 saturated heterocycles. The van der Waals surface area contributed by atoms with Gasteiger partial charge in [-0.25, -0.2) is 9.78 Å². The van der Waals surface area contributed by atoms with Crippen LogP contribution in [0.25, 0.3) is 0 Å². The SMILES string of the molecule is COCCN1CCC(Cc2cnc(N3CCOC3=O)cn2)CC1. The van der Waals surface area contributed by atoms with Crippen LogP contribution in [0.3, 0.4) is 0 Å². The fourth-order valence-corrected chi connectivity index (χ4v) is 3.12. The number of rotatable bonds is 6. The van der Waals surface area contributed by atoms with E-state index in [-0.39, 0.29) is 6.09 Å². The molecule has 1 aromatic heterocycles. The topological polar surface area (TPSA) is 67.8 Å². The van der Waals surface area contributed by atoms with E-state index in [1.54, 1.807) is 19.5 Å². The molecule has 0 aromatic carbocycles. The normalized spacial score (nSPS) is 20.0. The molecule has 0 radical (unpaired) electrons. The van der Waals surface area contributed by atoms with Gasteiger partial charge in [-0.05, 0) is 38.3 Å². The predicted octanol–water partition coefficient (Wildman–Crippen LogP) is 1.33. The smallest absolute Gasteiger partial charge is 0.415 e. The van der Waals surface area contributed by atoms with Gasteiger partial charge in [-0.1, -0.05) is 0 Å². The number of methoxy groups -OCH3 is 1. The number of carbonyl (C=O) groups is 1. The highest BCUT2D eigenvalue weighted by molar-refractivity contribution is 5.87. The number of ether oxygens (including phenoxy) is 2. The Bertz CT molecular complexity index is 515. The molecule has 0 spiro atoms. The second-order valence-electron chi connectivity index (χ2n) is 6.11. The van der Waals surface area contributed by atoms with Crippen molar-refractivity contribution in [2.75, 3.05) is 51.4 Å². The van der Waals surface area contributed by atoms with Gasteiger partial charge in [-0.15, -0.1) is 0 Å². The van der Waals surface area contributed by atoms with E-state index in [1.807, 2.05) is 0 Å². The van der Waals surface area contributed by atoms with Crippen LogP contribution in [-0.4, -0.2) is 67.5 Å². The lowest BCUT2D eigenvalue weighted by molar-refractivity contribution is 0.120. The quantitative estimate of drug-likeness (QED) is 0.788. The number of hydrogen-bond donors (Lipinski definition) is 0. The Morgan fingerprint density at radius 3 is 2.70 bits per heavy atom. The van der Waals surface area contributed by atoms with E-state index in [9.17, 15) is 4.79 Å². The summed E-state index contributed by atoms with van der Waals surface area (Å²) in [6.07, 6.45) is 6.46. The fraction of sp³-hybridized carbons (Fsp3) is 0.688. The highest BCUT2D eigenvalue weighted by atomic mass is 16.6. The zero-order valence-corrected chi connectivity index (χ0v) is 13.6. The minimum Gasteiger partial charge on any atom is -0.447 e. The number of piperidine rings is 1. The van der Waals surface area contributed by atoms with Gasteiger partial charge in [-0.2, -0.15) is 0 Å². The van der Waals surface area contributed by atoms with Crippen molar-refractivity contribution in [2.45, 2.75) is 19.3 Å². The predicted molar refractivity (Wildman–Crippen MR) is 85.5 cm³/mol. The Labute approximate surface area is 136 Å². The summed E-state index contributed by atoms with van der Waals surface area (Å²) < 4.78 is 10.0. The zero-order valence-electron chi connectivity index (χ0n) is 13.6. The first-order valence-electron chi connectivity index (χ1n) is 8.23. The van der Waals surface area contributed by atoms with Gasteiger partial charge in [-0.3, -0.25) is 9.88 Å². The zero-order chi connectivity index (χ0) is 16.1. The van der Waals surface area contributed by atoms with Gasteiger partial charge in [0, 0.05) is 13.7 Å². The lowest BCUT2D eigenvalue weighted by atomic mass is 9.92. The molecule has 0 aliphatic carbocycles. The Kier molecular flexibility index (Phi) is 5.40. The third-order valence-electron chi connectivity index (χ3n) is 4.55. The first-order valence-corrected chi connectivity index (χ1v) is 8.23. The molecule has 7 nitrogen and oxygen atoms in total. The lowest BCUT2D eigenvalue weighted by Crippen LogP contribution is -2.36. The van der Waals surface area contributed by atoms with Gasteiger partial charge in [0.1, 0.15) is 6.61 Å². The maximum absolute atomic E-state index is 11.5. The third kappa shape index (κ3) is 4.17. The highest BCUT2D eigenvalue weighted by Crippen LogP contribution is 2.21. The number of hydrogen-bond acceptors (Lipinski definition) is 6. The number of likely N-dealkylation sites (tertiary alicyclic amines) is 1. The van der Waals surface area contributed by atoms with Crippen molar-refractivity contribution in [3.8, 4) is 0 Å². The summed E-state index contributed by atoms with van der Waals surface area (Å²) in [5.74, 6) is 1.23. The molecular weight excluding hydrogens is 296 g/mol. The first kappa shape index (κ1) is 16.1. The van der Waals surface area contributed by atoms with Crippen molar-refractivity contribution < 1.29 is 14.3 Å². The van der Waals surface area contributed by atoms with Gasteiger partial charge < -0.3 is 14.4 Å². The summed E-state index contributed by atoms with van der Waals surface area (Å²) >= 11 is 0. The van der Waals surface area contributed by atoms with Crippen molar-refractivity contribution in [1.29, 1.82) is 0 Å². The summed E-state index contributed by atoms with van der Waals surface area (Å²) in [4.78, 5) is 24.3. The second kappa shape index (κ2) is 7.70. The maximum Gasteiger partial charge on any atom is 0.415 e. The summed E-state index contributed by atoms with van der Waals surface area (Å²) in [5, 5.41) is 0. The van der Waals surface area contributed by atoms with Gasteiger partial charge >= 0.3 is 6.09 Å². The minimum atomic E-state index is -0.338. The van der Waals surface area contributed by atoms with Gasteiger partial charge in [0.15, 0.2) is 5.82 Å². The standard InChI is InChI=1S/C16H24N4O3/c1-22-8-6-19-4-2-13(3-5-19)10-14-11-18-15(12-17-14)20-7-9-23-16(20)21/h11-13H,2-10H2,1H3. The van der Waals surface area contributed by atoms with E-state index in [4.69, 9.17) is 9.47 Å². The van der Waals surface area contributed by atoms with Crippen LogP contribution in [0.5, 0.6) is 0 Å². The number of aromatic nitrogens is 2. The molecule has 7 heteroatoms. The van der Waals surface area contributed by atoms with Crippen molar-refractivity contribution in [2.24, 2.45) is 5.92 Å². The molecule has 0 N–H and O–H groups in total. The Morgan fingerprint density at radius 2 is 2.09 bits per heavy atom. The largest absolute Gasteiger partial charge is 0.447 e. The van der Waals surface area contributed by atoms with Crippen LogP contribution in [0.2, 0.25) is 0 Å². The van der Waals surface area contributed by atoms with Crippen molar-refractivity contribution in [3.63, 3.8) is 0 Å². The maximum atomic E-state index is 11.5. The molecule has 3 heterocycles. The van der Waals surface area contributed by atoms with Gasteiger partial charge in [0.05, 0.1) is 31.2 Å². The first-order chi connectivity index (χ1) is 11.3.